The summed E-state index contributed by atoms with van der Waals surface area (Å²) in [6.07, 6.45) is 2.89. The number of benzene rings is 1. The van der Waals surface area contributed by atoms with Gasteiger partial charge in [0.15, 0.2) is 18.5 Å². The number of anilines is 1. The molecule has 5 N–H and O–H groups in total. The molecule has 0 bridgehead atoms. The summed E-state index contributed by atoms with van der Waals surface area (Å²) in [4.78, 5) is 39.4. The highest BCUT2D eigenvalue weighted by Gasteiger charge is 2.04. The number of aromatic nitrogens is 4. The van der Waals surface area contributed by atoms with E-state index in [2.05, 4.69) is 42.1 Å². The summed E-state index contributed by atoms with van der Waals surface area (Å²) in [5.74, 6) is 1.36. The zero-order chi connectivity index (χ0) is 23.9. The van der Waals surface area contributed by atoms with Gasteiger partial charge in [-0.1, -0.05) is 12.6 Å². The number of carbonyl (C=O) groups excluding carboxylic acids is 2. The molecule has 12 heteroatoms. The molecule has 0 amide bonds. The van der Waals surface area contributed by atoms with Crippen LogP contribution in [0.3, 0.4) is 0 Å². The van der Waals surface area contributed by atoms with E-state index in [1.54, 1.807) is 20.2 Å². The van der Waals surface area contributed by atoms with Crippen molar-refractivity contribution in [2.75, 3.05) is 33.6 Å². The number of fused-ring (bicyclic) bond motifs is 1. The van der Waals surface area contributed by atoms with Crippen molar-refractivity contribution in [1.82, 2.24) is 25.3 Å². The van der Waals surface area contributed by atoms with Crippen molar-refractivity contribution in [1.29, 1.82) is 0 Å². The maximum Gasteiger partial charge on any atom is 0.320 e. The van der Waals surface area contributed by atoms with Gasteiger partial charge in [0.1, 0.15) is 11.2 Å². The predicted molar refractivity (Wildman–Crippen MR) is 122 cm³/mol. The number of para-hydroxylation sites is 1. The molecule has 32 heavy (non-hydrogen) atoms. The van der Waals surface area contributed by atoms with E-state index in [-0.39, 0.29) is 11.7 Å². The van der Waals surface area contributed by atoms with Crippen molar-refractivity contribution in [3.05, 3.63) is 48.3 Å². The number of aromatic amines is 1. The second-order valence-corrected chi connectivity index (χ2v) is 5.59. The number of hydrogen-bond acceptors (Lipinski definition) is 9. The van der Waals surface area contributed by atoms with Crippen LogP contribution >= 0.6 is 0 Å². The fourth-order valence-electron chi connectivity index (χ4n) is 2.11. The first kappa shape index (κ1) is 25.6. The fraction of sp³-hybridized carbons (Fsp3) is 0.200. The maximum atomic E-state index is 10.6. The van der Waals surface area contributed by atoms with Gasteiger partial charge in [-0.3, -0.25) is 14.6 Å². The van der Waals surface area contributed by atoms with Crippen LogP contribution in [0.1, 0.15) is 20.8 Å². The number of ether oxygens (including phenoxy) is 2. The van der Waals surface area contributed by atoms with Crippen LogP contribution in [0.5, 0.6) is 11.9 Å². The first-order valence-corrected chi connectivity index (χ1v) is 9.09. The molecule has 0 saturated carbocycles. The monoisotopic (exact) mass is 442 g/mol. The predicted octanol–water partition coefficient (Wildman–Crippen LogP) is 1.39. The minimum Gasteiger partial charge on any atom is -0.481 e. The van der Waals surface area contributed by atoms with E-state index < -0.39 is 0 Å². The summed E-state index contributed by atoms with van der Waals surface area (Å²) in [6.45, 7) is 3.38. The number of H-pyrrole nitrogens is 1. The average Bonchev–Trinajstić information content (AvgIpc) is 3.28. The minimum atomic E-state index is 0.122. The topological polar surface area (TPSA) is 170 Å². The van der Waals surface area contributed by atoms with Crippen LogP contribution in [0, 0.1) is 0 Å². The molecular formula is C20H26N8O4. The molecule has 0 aliphatic carbocycles. The number of aliphatic imine (C=N–C) groups is 1. The van der Waals surface area contributed by atoms with Gasteiger partial charge in [-0.15, -0.1) is 0 Å². The van der Waals surface area contributed by atoms with Crippen LogP contribution in [0.25, 0.3) is 11.0 Å². The molecule has 0 saturated heterocycles. The lowest BCUT2D eigenvalue weighted by atomic mass is 10.2. The standard InChI is InChI=1S/C9H9N3O.C7H8N2O3.C4H9N3/c1-10-9-11-7-4-2-3-6(5-13)8(7)12-9;1-11-6-3-5(4-10)8-7(9-6)12-2;1-3-7-4(5)6-2/h2-5H,1H3,(H2,10,11,12);3-4H,1-2H3;3H,1H2,2H3,(H3,5,6,7). The van der Waals surface area contributed by atoms with Crippen LogP contribution in [-0.4, -0.2) is 66.8 Å². The van der Waals surface area contributed by atoms with Gasteiger partial charge in [0.25, 0.3) is 0 Å². The molecule has 3 rings (SSSR count). The van der Waals surface area contributed by atoms with Crippen molar-refractivity contribution in [2.45, 2.75) is 0 Å². The largest absolute Gasteiger partial charge is 0.481 e. The Morgan fingerprint density at radius 2 is 1.94 bits per heavy atom. The van der Waals surface area contributed by atoms with Gasteiger partial charge in [0.05, 0.1) is 19.7 Å². The van der Waals surface area contributed by atoms with Gasteiger partial charge in [-0.2, -0.15) is 9.97 Å². The SMILES string of the molecule is C=CNC(N)=NC.CNc1nc2c(C=O)cccc2[nH]1.COc1cc(C=O)nc(OC)n1. The summed E-state index contributed by atoms with van der Waals surface area (Å²) in [7, 11) is 6.25. The number of guanidine groups is 1. The second-order valence-electron chi connectivity index (χ2n) is 5.59. The number of nitrogens with two attached hydrogens (primary N) is 1. The number of nitrogens with zero attached hydrogens (tertiary/aromatic N) is 4. The van der Waals surface area contributed by atoms with Crippen LogP contribution in [-0.2, 0) is 0 Å². The third-order valence-corrected chi connectivity index (χ3v) is 3.61. The van der Waals surface area contributed by atoms with Crippen molar-refractivity contribution in [3.8, 4) is 11.9 Å². The summed E-state index contributed by atoms with van der Waals surface area (Å²) < 4.78 is 9.55. The van der Waals surface area contributed by atoms with Crippen LogP contribution in [0.15, 0.2) is 42.0 Å². The van der Waals surface area contributed by atoms with E-state index in [4.69, 9.17) is 15.2 Å². The number of nitrogens with one attached hydrogen (secondary N) is 3. The number of hydrogen-bond donors (Lipinski definition) is 4. The van der Waals surface area contributed by atoms with Gasteiger partial charge in [-0.05, 0) is 18.3 Å². The van der Waals surface area contributed by atoms with Crippen LogP contribution < -0.4 is 25.8 Å². The number of imidazole rings is 1. The van der Waals surface area contributed by atoms with Gasteiger partial charge < -0.3 is 30.8 Å². The van der Waals surface area contributed by atoms with E-state index in [1.807, 2.05) is 12.1 Å². The Balaban J connectivity index is 0.000000252. The summed E-state index contributed by atoms with van der Waals surface area (Å²) >= 11 is 0. The lowest BCUT2D eigenvalue weighted by molar-refractivity contribution is 0.111. The Kier molecular flexibility index (Phi) is 10.9. The smallest absolute Gasteiger partial charge is 0.320 e. The van der Waals surface area contributed by atoms with Crippen LogP contribution in [0.2, 0.25) is 0 Å². The van der Waals surface area contributed by atoms with Crippen LogP contribution in [0.4, 0.5) is 5.95 Å². The number of carbonyl (C=O) groups is 2. The Bertz CT molecular complexity index is 1040. The van der Waals surface area contributed by atoms with E-state index in [1.165, 1.54) is 26.5 Å². The van der Waals surface area contributed by atoms with E-state index in [0.29, 0.717) is 35.2 Å². The van der Waals surface area contributed by atoms with Crippen molar-refractivity contribution >= 4 is 35.5 Å². The Morgan fingerprint density at radius 3 is 2.44 bits per heavy atom. The van der Waals surface area contributed by atoms with Crippen molar-refractivity contribution < 1.29 is 19.1 Å². The second kappa shape index (κ2) is 13.7. The van der Waals surface area contributed by atoms with E-state index in [0.717, 1.165) is 11.8 Å². The molecule has 170 valence electrons. The molecule has 3 aromatic rings. The summed E-state index contributed by atoms with van der Waals surface area (Å²) in [5.41, 5.74) is 7.57. The number of aldehydes is 2. The van der Waals surface area contributed by atoms with Crippen molar-refractivity contribution in [2.24, 2.45) is 10.7 Å². The Labute approximate surface area is 185 Å². The quantitative estimate of drug-likeness (QED) is 0.248. The Morgan fingerprint density at radius 1 is 1.19 bits per heavy atom. The molecule has 0 radical (unpaired) electrons. The average molecular weight is 442 g/mol. The number of rotatable bonds is 6. The van der Waals surface area contributed by atoms with Gasteiger partial charge >= 0.3 is 6.01 Å². The maximum absolute atomic E-state index is 10.6. The zero-order valence-electron chi connectivity index (χ0n) is 18.2. The fourth-order valence-corrected chi connectivity index (χ4v) is 2.11. The lowest BCUT2D eigenvalue weighted by Crippen LogP contribution is -2.26. The highest BCUT2D eigenvalue weighted by atomic mass is 16.5. The molecule has 0 fully saturated rings. The molecule has 0 unspecified atom stereocenters. The lowest BCUT2D eigenvalue weighted by Gasteiger charge is -2.01. The van der Waals surface area contributed by atoms with Gasteiger partial charge in [-0.25, -0.2) is 4.98 Å². The highest BCUT2D eigenvalue weighted by molar-refractivity contribution is 5.95. The van der Waals surface area contributed by atoms with Crippen molar-refractivity contribution in [3.63, 3.8) is 0 Å². The molecule has 0 atom stereocenters. The third kappa shape index (κ3) is 7.74. The van der Waals surface area contributed by atoms with Gasteiger partial charge in [0.2, 0.25) is 11.8 Å². The number of methoxy groups -OCH3 is 2. The molecule has 0 aliphatic rings. The summed E-state index contributed by atoms with van der Waals surface area (Å²) in [6, 6.07) is 7.00. The zero-order valence-corrected chi connectivity index (χ0v) is 18.2. The molecule has 1 aromatic carbocycles. The van der Waals surface area contributed by atoms with Gasteiger partial charge in [0, 0.05) is 25.7 Å². The van der Waals surface area contributed by atoms with E-state index in [9.17, 15) is 9.59 Å². The third-order valence-electron chi connectivity index (χ3n) is 3.61. The minimum absolute atomic E-state index is 0.122. The first-order chi connectivity index (χ1) is 15.5. The first-order valence-electron chi connectivity index (χ1n) is 9.09. The molecule has 12 nitrogen and oxygen atoms in total. The normalized spacial score (nSPS) is 9.94. The molecular weight excluding hydrogens is 416 g/mol. The molecule has 0 aliphatic heterocycles. The molecule has 2 aromatic heterocycles. The molecule has 0 spiro atoms. The van der Waals surface area contributed by atoms with E-state index >= 15 is 0 Å². The Hall–Kier alpha value is -4.48. The highest BCUT2D eigenvalue weighted by Crippen LogP contribution is 2.16. The summed E-state index contributed by atoms with van der Waals surface area (Å²) in [5, 5.41) is 5.47. The molecule has 2 heterocycles.